The molecule has 0 amide bonds. The Hall–Kier alpha value is -1.63. The van der Waals surface area contributed by atoms with Crippen molar-refractivity contribution in [2.75, 3.05) is 11.4 Å². The molecule has 0 atom stereocenters. The average molecular weight is 228 g/mol. The van der Waals surface area contributed by atoms with Crippen LogP contribution in [0.3, 0.4) is 0 Å². The summed E-state index contributed by atoms with van der Waals surface area (Å²) < 4.78 is 0. The molecule has 4 nitrogen and oxygen atoms in total. The third-order valence-electron chi connectivity index (χ3n) is 3.35. The fourth-order valence-electron chi connectivity index (χ4n) is 2.10. The topological polar surface area (TPSA) is 52.8 Å². The fourth-order valence-corrected chi connectivity index (χ4v) is 2.10. The molecule has 0 unspecified atom stereocenters. The zero-order chi connectivity index (χ0) is 11.8. The van der Waals surface area contributed by atoms with Gasteiger partial charge in [-0.05, 0) is 44.6 Å². The summed E-state index contributed by atoms with van der Waals surface area (Å²) >= 11 is 0. The molecule has 3 rings (SSSR count). The van der Waals surface area contributed by atoms with E-state index >= 15 is 0 Å². The Morgan fingerprint density at radius 1 is 1.35 bits per heavy atom. The van der Waals surface area contributed by atoms with Crippen molar-refractivity contribution in [2.45, 2.75) is 38.6 Å². The normalized spacial score (nSPS) is 18.8. The lowest BCUT2D eigenvalue weighted by atomic mass is 10.3. The van der Waals surface area contributed by atoms with E-state index in [4.69, 9.17) is 5.26 Å². The lowest BCUT2D eigenvalue weighted by molar-refractivity contribution is 0.694. The summed E-state index contributed by atoms with van der Waals surface area (Å²) in [7, 11) is 0. The standard InChI is InChI=1S/C13H16N4/c1-9-6-11(7-14)16-13(15-9)17(12-4-5-12)8-10-2-3-10/h6,10,12H,2-5,8H2,1H3. The van der Waals surface area contributed by atoms with Crippen molar-refractivity contribution in [2.24, 2.45) is 5.92 Å². The maximum Gasteiger partial charge on any atom is 0.227 e. The second-order valence-electron chi connectivity index (χ2n) is 5.13. The molecule has 1 aromatic rings. The molecular formula is C13H16N4. The number of nitriles is 1. The van der Waals surface area contributed by atoms with Crippen molar-refractivity contribution >= 4 is 5.95 Å². The lowest BCUT2D eigenvalue weighted by Gasteiger charge is -2.22. The van der Waals surface area contributed by atoms with Crippen LogP contribution in [0.1, 0.15) is 37.1 Å². The van der Waals surface area contributed by atoms with Crippen molar-refractivity contribution < 1.29 is 0 Å². The Morgan fingerprint density at radius 3 is 2.71 bits per heavy atom. The first kappa shape index (κ1) is 10.5. The molecule has 0 bridgehead atoms. The van der Waals surface area contributed by atoms with Gasteiger partial charge in [-0.2, -0.15) is 5.26 Å². The van der Waals surface area contributed by atoms with Crippen LogP contribution in [0.5, 0.6) is 0 Å². The van der Waals surface area contributed by atoms with E-state index in [0.717, 1.165) is 24.1 Å². The molecule has 0 aromatic carbocycles. The number of aromatic nitrogens is 2. The Labute approximate surface area is 101 Å². The predicted octanol–water partition coefficient (Wildman–Crippen LogP) is 2.04. The van der Waals surface area contributed by atoms with E-state index in [9.17, 15) is 0 Å². The van der Waals surface area contributed by atoms with Gasteiger partial charge in [-0.25, -0.2) is 9.97 Å². The smallest absolute Gasteiger partial charge is 0.227 e. The average Bonchev–Trinajstić information content (AvgIpc) is 3.16. The molecule has 1 heterocycles. The zero-order valence-corrected chi connectivity index (χ0v) is 10.1. The first-order valence-electron chi connectivity index (χ1n) is 6.28. The summed E-state index contributed by atoms with van der Waals surface area (Å²) in [6.45, 7) is 2.99. The van der Waals surface area contributed by atoms with Gasteiger partial charge in [0.1, 0.15) is 11.8 Å². The van der Waals surface area contributed by atoms with E-state index < -0.39 is 0 Å². The minimum absolute atomic E-state index is 0.481. The Morgan fingerprint density at radius 2 is 2.12 bits per heavy atom. The Bertz CT molecular complexity index is 469. The van der Waals surface area contributed by atoms with E-state index in [0.29, 0.717) is 11.7 Å². The highest BCUT2D eigenvalue weighted by molar-refractivity contribution is 5.39. The Kier molecular flexibility index (Phi) is 2.47. The maximum atomic E-state index is 8.96. The van der Waals surface area contributed by atoms with Gasteiger partial charge >= 0.3 is 0 Å². The quantitative estimate of drug-likeness (QED) is 0.791. The van der Waals surface area contributed by atoms with Crippen LogP contribution in [0.2, 0.25) is 0 Å². The number of anilines is 1. The second kappa shape index (κ2) is 3.99. The van der Waals surface area contributed by atoms with Crippen LogP contribution < -0.4 is 4.90 Å². The van der Waals surface area contributed by atoms with Crippen LogP contribution in [-0.4, -0.2) is 22.6 Å². The van der Waals surface area contributed by atoms with Gasteiger partial charge < -0.3 is 4.90 Å². The molecule has 4 heteroatoms. The van der Waals surface area contributed by atoms with Crippen LogP contribution in [0.4, 0.5) is 5.95 Å². The van der Waals surface area contributed by atoms with E-state index in [-0.39, 0.29) is 0 Å². The molecule has 2 fully saturated rings. The van der Waals surface area contributed by atoms with Gasteiger partial charge in [-0.3, -0.25) is 0 Å². The Balaban J connectivity index is 1.88. The summed E-state index contributed by atoms with van der Waals surface area (Å²) in [4.78, 5) is 11.1. The second-order valence-corrected chi connectivity index (χ2v) is 5.13. The molecule has 1 aromatic heterocycles. The molecular weight excluding hydrogens is 212 g/mol. The highest BCUT2D eigenvalue weighted by atomic mass is 15.3. The maximum absolute atomic E-state index is 8.96. The number of rotatable bonds is 4. The number of hydrogen-bond acceptors (Lipinski definition) is 4. The lowest BCUT2D eigenvalue weighted by Crippen LogP contribution is -2.30. The van der Waals surface area contributed by atoms with Gasteiger partial charge in [-0.1, -0.05) is 0 Å². The van der Waals surface area contributed by atoms with Gasteiger partial charge in [0.05, 0.1) is 0 Å². The minimum atomic E-state index is 0.481. The van der Waals surface area contributed by atoms with Crippen LogP contribution in [0.15, 0.2) is 6.07 Å². The van der Waals surface area contributed by atoms with Gasteiger partial charge in [0.25, 0.3) is 0 Å². The van der Waals surface area contributed by atoms with Crippen molar-refractivity contribution in [3.8, 4) is 6.07 Å². The monoisotopic (exact) mass is 228 g/mol. The largest absolute Gasteiger partial charge is 0.338 e. The SMILES string of the molecule is Cc1cc(C#N)nc(N(CC2CC2)C2CC2)n1. The van der Waals surface area contributed by atoms with Crippen LogP contribution in [-0.2, 0) is 0 Å². The zero-order valence-electron chi connectivity index (χ0n) is 10.1. The van der Waals surface area contributed by atoms with Crippen molar-refractivity contribution in [3.05, 3.63) is 17.5 Å². The van der Waals surface area contributed by atoms with Crippen LogP contribution in [0, 0.1) is 24.2 Å². The van der Waals surface area contributed by atoms with Crippen LogP contribution >= 0.6 is 0 Å². The van der Waals surface area contributed by atoms with Gasteiger partial charge in [0, 0.05) is 18.3 Å². The third-order valence-corrected chi connectivity index (χ3v) is 3.35. The minimum Gasteiger partial charge on any atom is -0.338 e. The van der Waals surface area contributed by atoms with Gasteiger partial charge in [0.2, 0.25) is 5.95 Å². The van der Waals surface area contributed by atoms with Gasteiger partial charge in [-0.15, -0.1) is 0 Å². The molecule has 0 spiro atoms. The molecule has 0 saturated heterocycles. The molecule has 0 radical (unpaired) electrons. The van der Waals surface area contributed by atoms with E-state index in [2.05, 4.69) is 20.9 Å². The van der Waals surface area contributed by atoms with Crippen LogP contribution in [0.25, 0.3) is 0 Å². The van der Waals surface area contributed by atoms with Crippen molar-refractivity contribution in [3.63, 3.8) is 0 Å². The number of aryl methyl sites for hydroxylation is 1. The van der Waals surface area contributed by atoms with E-state index in [1.54, 1.807) is 6.07 Å². The number of hydrogen-bond donors (Lipinski definition) is 0. The van der Waals surface area contributed by atoms with Crippen molar-refractivity contribution in [1.29, 1.82) is 5.26 Å². The summed E-state index contributed by atoms with van der Waals surface area (Å²) in [6, 6.07) is 4.47. The highest BCUT2D eigenvalue weighted by Gasteiger charge is 2.35. The molecule has 2 saturated carbocycles. The molecule has 88 valence electrons. The summed E-state index contributed by atoms with van der Waals surface area (Å²) in [5.74, 6) is 1.58. The van der Waals surface area contributed by atoms with Crippen molar-refractivity contribution in [1.82, 2.24) is 9.97 Å². The summed E-state index contributed by atoms with van der Waals surface area (Å²) in [5.41, 5.74) is 1.36. The summed E-state index contributed by atoms with van der Waals surface area (Å²) in [5, 5.41) is 8.96. The predicted molar refractivity (Wildman–Crippen MR) is 64.6 cm³/mol. The molecule has 17 heavy (non-hydrogen) atoms. The molecule has 0 aliphatic heterocycles. The molecule has 0 N–H and O–H groups in total. The molecule has 2 aliphatic rings. The first-order valence-corrected chi connectivity index (χ1v) is 6.28. The third kappa shape index (κ3) is 2.38. The molecule has 2 aliphatic carbocycles. The first-order chi connectivity index (χ1) is 8.26. The number of nitrogens with zero attached hydrogens (tertiary/aromatic N) is 4. The highest BCUT2D eigenvalue weighted by Crippen LogP contribution is 2.36. The van der Waals surface area contributed by atoms with E-state index in [1.165, 1.54) is 25.7 Å². The van der Waals surface area contributed by atoms with E-state index in [1.807, 2.05) is 6.92 Å². The van der Waals surface area contributed by atoms with Gasteiger partial charge in [0.15, 0.2) is 0 Å². The fraction of sp³-hybridized carbons (Fsp3) is 0.615. The summed E-state index contributed by atoms with van der Waals surface area (Å²) in [6.07, 6.45) is 5.15.